The van der Waals surface area contributed by atoms with Crippen LogP contribution in [0.15, 0.2) is 36.7 Å². The molecule has 0 aliphatic rings. The molecule has 2 rings (SSSR count). The van der Waals surface area contributed by atoms with Crippen molar-refractivity contribution in [3.8, 4) is 6.07 Å². The fourth-order valence-corrected chi connectivity index (χ4v) is 1.96. The number of rotatable bonds is 3. The van der Waals surface area contributed by atoms with Gasteiger partial charge in [0.05, 0.1) is 22.8 Å². The van der Waals surface area contributed by atoms with E-state index in [1.54, 1.807) is 24.3 Å². The number of nitrogens with zero attached hydrogens (tertiary/aromatic N) is 2. The second-order valence-corrected chi connectivity index (χ2v) is 4.33. The molecule has 7 heteroatoms. The van der Waals surface area contributed by atoms with E-state index in [1.807, 2.05) is 6.07 Å². The van der Waals surface area contributed by atoms with Gasteiger partial charge in [-0.15, -0.1) is 0 Å². The van der Waals surface area contributed by atoms with Crippen LogP contribution < -0.4 is 0 Å². The zero-order chi connectivity index (χ0) is 15.6. The number of aromatic carboxylic acids is 1. The average molecular weight is 294 g/mol. The van der Waals surface area contributed by atoms with Crippen molar-refractivity contribution in [1.29, 1.82) is 5.26 Å². The van der Waals surface area contributed by atoms with Crippen molar-refractivity contribution >= 4 is 5.97 Å². The van der Waals surface area contributed by atoms with Gasteiger partial charge in [0.25, 0.3) is 0 Å². The molecule has 1 aromatic heterocycles. The Morgan fingerprint density at radius 3 is 2.48 bits per heavy atom. The molecule has 1 aromatic carbocycles. The van der Waals surface area contributed by atoms with Gasteiger partial charge in [-0.1, -0.05) is 18.2 Å². The lowest BCUT2D eigenvalue weighted by Gasteiger charge is -2.06. The van der Waals surface area contributed by atoms with E-state index in [9.17, 15) is 18.0 Å². The number of hydrogen-bond acceptors (Lipinski definition) is 2. The maximum absolute atomic E-state index is 12.8. The Balaban J connectivity index is 2.43. The summed E-state index contributed by atoms with van der Waals surface area (Å²) in [7, 11) is 0. The molecule has 2 aromatic rings. The third kappa shape index (κ3) is 3.05. The quantitative estimate of drug-likeness (QED) is 0.945. The van der Waals surface area contributed by atoms with E-state index in [-0.39, 0.29) is 6.54 Å². The molecule has 0 atom stereocenters. The van der Waals surface area contributed by atoms with Crippen LogP contribution in [0.2, 0.25) is 0 Å². The summed E-state index contributed by atoms with van der Waals surface area (Å²) in [6.07, 6.45) is -3.09. The molecule has 0 aliphatic heterocycles. The minimum atomic E-state index is -4.74. The van der Waals surface area contributed by atoms with Crippen LogP contribution in [0, 0.1) is 11.3 Å². The fourth-order valence-electron chi connectivity index (χ4n) is 1.96. The number of carboxylic acids is 1. The zero-order valence-corrected chi connectivity index (χ0v) is 10.6. The van der Waals surface area contributed by atoms with Gasteiger partial charge in [0.15, 0.2) is 0 Å². The Hall–Kier alpha value is -2.75. The van der Waals surface area contributed by atoms with E-state index in [0.717, 1.165) is 17.0 Å². The van der Waals surface area contributed by atoms with Gasteiger partial charge in [-0.3, -0.25) is 0 Å². The summed E-state index contributed by atoms with van der Waals surface area (Å²) in [5.74, 6) is -1.64. The second-order valence-electron chi connectivity index (χ2n) is 4.33. The highest BCUT2D eigenvalue weighted by Gasteiger charge is 2.37. The van der Waals surface area contributed by atoms with E-state index in [4.69, 9.17) is 10.4 Å². The van der Waals surface area contributed by atoms with E-state index < -0.39 is 23.3 Å². The first kappa shape index (κ1) is 14.7. The van der Waals surface area contributed by atoms with E-state index in [1.165, 1.54) is 0 Å². The topological polar surface area (TPSA) is 66.0 Å². The Labute approximate surface area is 117 Å². The molecular weight excluding hydrogens is 285 g/mol. The van der Waals surface area contributed by atoms with Crippen molar-refractivity contribution in [3.05, 3.63) is 58.9 Å². The molecule has 4 nitrogen and oxygen atoms in total. The molecule has 0 radical (unpaired) electrons. The summed E-state index contributed by atoms with van der Waals surface area (Å²) < 4.78 is 39.4. The molecule has 0 saturated heterocycles. The highest BCUT2D eigenvalue weighted by Crippen LogP contribution is 2.33. The Bertz CT molecular complexity index is 727. The van der Waals surface area contributed by atoms with Crippen molar-refractivity contribution in [1.82, 2.24) is 4.57 Å². The molecule has 0 spiro atoms. The standard InChI is InChI=1S/C14H9F3N2O2/c15-14(16,17)12-8-19(7-11(12)13(20)21)6-10-4-2-1-3-9(10)5-18/h1-4,7-8H,6H2,(H,20,21). The summed E-state index contributed by atoms with van der Waals surface area (Å²) in [5.41, 5.74) is -1.17. The summed E-state index contributed by atoms with van der Waals surface area (Å²) in [4.78, 5) is 10.9. The zero-order valence-electron chi connectivity index (χ0n) is 10.6. The summed E-state index contributed by atoms with van der Waals surface area (Å²) >= 11 is 0. The van der Waals surface area contributed by atoms with E-state index in [2.05, 4.69) is 0 Å². The third-order valence-corrected chi connectivity index (χ3v) is 2.91. The lowest BCUT2D eigenvalue weighted by molar-refractivity contribution is -0.138. The Morgan fingerprint density at radius 2 is 1.95 bits per heavy atom. The predicted octanol–water partition coefficient (Wildman–Crippen LogP) is 3.13. The summed E-state index contributed by atoms with van der Waals surface area (Å²) in [5, 5.41) is 17.8. The molecule has 21 heavy (non-hydrogen) atoms. The van der Waals surface area contributed by atoms with Crippen LogP contribution in [0.3, 0.4) is 0 Å². The van der Waals surface area contributed by atoms with E-state index >= 15 is 0 Å². The normalized spacial score (nSPS) is 11.1. The molecule has 108 valence electrons. The van der Waals surface area contributed by atoms with Gasteiger partial charge in [-0.05, 0) is 11.6 Å². The Kier molecular flexibility index (Phi) is 3.72. The number of carboxylic acid groups (broad SMARTS) is 1. The maximum atomic E-state index is 12.8. The van der Waals surface area contributed by atoms with Crippen LogP contribution in [0.1, 0.15) is 27.0 Å². The van der Waals surface area contributed by atoms with Gasteiger partial charge in [0, 0.05) is 18.9 Å². The van der Waals surface area contributed by atoms with Crippen molar-refractivity contribution in [2.24, 2.45) is 0 Å². The number of nitriles is 1. The van der Waals surface area contributed by atoms with Crippen molar-refractivity contribution in [3.63, 3.8) is 0 Å². The fraction of sp³-hybridized carbons (Fsp3) is 0.143. The first-order valence-electron chi connectivity index (χ1n) is 5.81. The monoisotopic (exact) mass is 294 g/mol. The molecular formula is C14H9F3N2O2. The van der Waals surface area contributed by atoms with Crippen LogP contribution in [0.4, 0.5) is 13.2 Å². The van der Waals surface area contributed by atoms with Gasteiger partial charge in [-0.25, -0.2) is 4.79 Å². The average Bonchev–Trinajstić information content (AvgIpc) is 2.83. The van der Waals surface area contributed by atoms with Gasteiger partial charge < -0.3 is 9.67 Å². The number of carbonyl (C=O) groups is 1. The highest BCUT2D eigenvalue weighted by atomic mass is 19.4. The van der Waals surface area contributed by atoms with Gasteiger partial charge in [0.1, 0.15) is 0 Å². The predicted molar refractivity (Wildman–Crippen MR) is 66.7 cm³/mol. The molecule has 0 amide bonds. The number of alkyl halides is 3. The van der Waals surface area contributed by atoms with Gasteiger partial charge >= 0.3 is 12.1 Å². The summed E-state index contributed by atoms with van der Waals surface area (Å²) in [6, 6.07) is 8.38. The molecule has 0 saturated carbocycles. The van der Waals surface area contributed by atoms with Gasteiger partial charge in [0.2, 0.25) is 0 Å². The minimum absolute atomic E-state index is 0.0138. The first-order valence-corrected chi connectivity index (χ1v) is 5.81. The van der Waals surface area contributed by atoms with Crippen LogP contribution in [0.5, 0.6) is 0 Å². The third-order valence-electron chi connectivity index (χ3n) is 2.91. The van der Waals surface area contributed by atoms with Gasteiger partial charge in [-0.2, -0.15) is 18.4 Å². The number of aromatic nitrogens is 1. The molecule has 1 heterocycles. The second kappa shape index (κ2) is 5.32. The molecule has 0 unspecified atom stereocenters. The Morgan fingerprint density at radius 1 is 1.29 bits per heavy atom. The summed E-state index contributed by atoms with van der Waals surface area (Å²) in [6.45, 7) is -0.0138. The van der Waals surface area contributed by atoms with Crippen LogP contribution in [0.25, 0.3) is 0 Å². The minimum Gasteiger partial charge on any atom is -0.478 e. The number of halogens is 3. The lowest BCUT2D eigenvalue weighted by atomic mass is 10.1. The number of benzene rings is 1. The maximum Gasteiger partial charge on any atom is 0.418 e. The molecule has 0 bridgehead atoms. The SMILES string of the molecule is N#Cc1ccccc1Cn1cc(C(=O)O)c(C(F)(F)F)c1. The van der Waals surface area contributed by atoms with Crippen molar-refractivity contribution in [2.45, 2.75) is 12.7 Å². The largest absolute Gasteiger partial charge is 0.478 e. The lowest BCUT2D eigenvalue weighted by Crippen LogP contribution is -2.09. The molecule has 0 fully saturated rings. The van der Waals surface area contributed by atoms with Crippen LogP contribution in [-0.2, 0) is 12.7 Å². The van der Waals surface area contributed by atoms with Crippen LogP contribution >= 0.6 is 0 Å². The molecule has 1 N–H and O–H groups in total. The number of hydrogen-bond donors (Lipinski definition) is 1. The van der Waals surface area contributed by atoms with E-state index in [0.29, 0.717) is 11.1 Å². The van der Waals surface area contributed by atoms with Crippen LogP contribution in [-0.4, -0.2) is 15.6 Å². The molecule has 0 aliphatic carbocycles. The van der Waals surface area contributed by atoms with Crippen molar-refractivity contribution < 1.29 is 23.1 Å². The first-order chi connectivity index (χ1) is 9.82. The van der Waals surface area contributed by atoms with Crippen molar-refractivity contribution in [2.75, 3.05) is 0 Å². The highest BCUT2D eigenvalue weighted by molar-refractivity contribution is 5.89. The smallest absolute Gasteiger partial charge is 0.418 e.